The van der Waals surface area contributed by atoms with Crippen molar-refractivity contribution in [2.75, 3.05) is 0 Å². The zero-order chi connectivity index (χ0) is 15.6. The summed E-state index contributed by atoms with van der Waals surface area (Å²) in [5.74, 6) is 0. The van der Waals surface area contributed by atoms with Gasteiger partial charge in [-0.05, 0) is 24.3 Å². The minimum absolute atomic E-state index is 0.391. The van der Waals surface area contributed by atoms with Gasteiger partial charge in [-0.2, -0.15) is 0 Å². The summed E-state index contributed by atoms with van der Waals surface area (Å²) in [7, 11) is -0.914. The topological polar surface area (TPSA) is 49.6 Å². The quantitative estimate of drug-likeness (QED) is 0.834. The Morgan fingerprint density at radius 2 is 1.95 bits per heavy atom. The summed E-state index contributed by atoms with van der Waals surface area (Å²) in [6, 6.07) is 11.4. The predicted octanol–water partition coefficient (Wildman–Crippen LogP) is 4.41. The lowest BCUT2D eigenvalue weighted by molar-refractivity contribution is 0.729. The molecule has 0 aliphatic heterocycles. The summed E-state index contributed by atoms with van der Waals surface area (Å²) in [6.07, 6.45) is 8.57. The van der Waals surface area contributed by atoms with E-state index in [1.165, 1.54) is 6.33 Å². The second-order valence-corrected chi connectivity index (χ2v) is 7.48. The molecule has 0 fully saturated rings. The lowest BCUT2D eigenvalue weighted by Gasteiger charge is -2.35. The molecule has 0 spiro atoms. The molecule has 0 saturated heterocycles. The molecule has 1 N–H and O–H groups in total. The summed E-state index contributed by atoms with van der Waals surface area (Å²) < 4.78 is 8.68. The van der Waals surface area contributed by atoms with Crippen molar-refractivity contribution in [3.05, 3.63) is 77.9 Å². The smallest absolute Gasteiger partial charge is 0.123 e. The standard InChI is InChI=1S/C16H13Cl2N3S/c17-13-7-4-9-16(18,14-8-10-20-11-21-14)15(13)22(19)12-5-2-1-3-6-12/h1-11,15,19H. The molecule has 3 unspecified atom stereocenters. The van der Waals surface area contributed by atoms with Gasteiger partial charge in [-0.1, -0.05) is 52.6 Å². The van der Waals surface area contributed by atoms with Gasteiger partial charge in [0.2, 0.25) is 0 Å². The summed E-state index contributed by atoms with van der Waals surface area (Å²) in [4.78, 5) is 8.16. The molecule has 0 bridgehead atoms. The minimum Gasteiger partial charge on any atom is -0.275 e. The van der Waals surface area contributed by atoms with Crippen LogP contribution in [0, 0.1) is 4.78 Å². The van der Waals surface area contributed by atoms with Crippen molar-refractivity contribution in [2.45, 2.75) is 15.0 Å². The fourth-order valence-electron chi connectivity index (χ4n) is 2.38. The van der Waals surface area contributed by atoms with Crippen LogP contribution in [0.2, 0.25) is 0 Å². The molecule has 1 aliphatic rings. The van der Waals surface area contributed by atoms with Gasteiger partial charge in [-0.25, -0.2) is 9.97 Å². The maximum atomic E-state index is 8.68. The number of hydrogen-bond acceptors (Lipinski definition) is 3. The number of allylic oxidation sites excluding steroid dienone is 3. The van der Waals surface area contributed by atoms with Crippen molar-refractivity contribution in [3.8, 4) is 0 Å². The highest BCUT2D eigenvalue weighted by molar-refractivity contribution is 7.87. The van der Waals surface area contributed by atoms with Crippen molar-refractivity contribution in [3.63, 3.8) is 0 Å². The molecule has 0 saturated carbocycles. The molecular formula is C16H13Cl2N3S. The van der Waals surface area contributed by atoms with E-state index >= 15 is 0 Å². The third-order valence-corrected chi connectivity index (χ3v) is 6.45. The van der Waals surface area contributed by atoms with E-state index in [1.54, 1.807) is 18.3 Å². The number of nitrogens with zero attached hydrogens (tertiary/aromatic N) is 2. The van der Waals surface area contributed by atoms with E-state index in [2.05, 4.69) is 9.97 Å². The lowest BCUT2D eigenvalue weighted by Crippen LogP contribution is -2.38. The van der Waals surface area contributed by atoms with Crippen LogP contribution in [0.5, 0.6) is 0 Å². The van der Waals surface area contributed by atoms with Crippen molar-refractivity contribution < 1.29 is 0 Å². The number of aromatic nitrogens is 2. The van der Waals surface area contributed by atoms with Crippen LogP contribution < -0.4 is 0 Å². The van der Waals surface area contributed by atoms with E-state index in [4.69, 9.17) is 28.0 Å². The Morgan fingerprint density at radius 1 is 1.18 bits per heavy atom. The molecule has 3 atom stereocenters. The van der Waals surface area contributed by atoms with Gasteiger partial charge in [0.25, 0.3) is 0 Å². The van der Waals surface area contributed by atoms with Crippen LogP contribution in [0.4, 0.5) is 0 Å². The summed E-state index contributed by atoms with van der Waals surface area (Å²) in [6.45, 7) is 0. The second kappa shape index (κ2) is 6.32. The Bertz CT molecular complexity index is 747. The van der Waals surface area contributed by atoms with Gasteiger partial charge in [-0.15, -0.1) is 11.6 Å². The highest BCUT2D eigenvalue weighted by Crippen LogP contribution is 2.44. The van der Waals surface area contributed by atoms with Gasteiger partial charge in [0.05, 0.1) is 10.9 Å². The van der Waals surface area contributed by atoms with Crippen LogP contribution in [-0.2, 0) is 15.6 Å². The zero-order valence-corrected chi connectivity index (χ0v) is 13.8. The summed E-state index contributed by atoms with van der Waals surface area (Å²) in [5, 5.41) is 0.177. The highest BCUT2D eigenvalue weighted by atomic mass is 35.5. The monoisotopic (exact) mass is 349 g/mol. The average molecular weight is 350 g/mol. The first kappa shape index (κ1) is 15.4. The Hall–Kier alpha value is -1.49. The van der Waals surface area contributed by atoms with Crippen LogP contribution in [0.1, 0.15) is 5.69 Å². The van der Waals surface area contributed by atoms with Crippen LogP contribution in [0.3, 0.4) is 0 Å². The van der Waals surface area contributed by atoms with Crippen molar-refractivity contribution in [1.29, 1.82) is 4.78 Å². The molecule has 0 amide bonds. The number of hydrogen-bond donors (Lipinski definition) is 1. The molecule has 1 aromatic carbocycles. The van der Waals surface area contributed by atoms with E-state index < -0.39 is 20.8 Å². The molecule has 1 aliphatic carbocycles. The average Bonchev–Trinajstić information content (AvgIpc) is 2.56. The first-order valence-corrected chi connectivity index (χ1v) is 8.67. The van der Waals surface area contributed by atoms with Crippen molar-refractivity contribution in [1.82, 2.24) is 9.97 Å². The van der Waals surface area contributed by atoms with Gasteiger partial charge in [0.1, 0.15) is 11.2 Å². The molecule has 1 aromatic heterocycles. The molecule has 1 heterocycles. The van der Waals surface area contributed by atoms with E-state index in [-0.39, 0.29) is 0 Å². The SMILES string of the molecule is N=S(c1ccccc1)C1C(Cl)=CC=CC1(Cl)c1ccncn1. The number of alkyl halides is 1. The van der Waals surface area contributed by atoms with E-state index in [1.807, 2.05) is 42.5 Å². The molecule has 3 nitrogen and oxygen atoms in total. The Morgan fingerprint density at radius 3 is 2.64 bits per heavy atom. The number of rotatable bonds is 3. The van der Waals surface area contributed by atoms with Crippen LogP contribution >= 0.6 is 23.2 Å². The molecular weight excluding hydrogens is 337 g/mol. The fourth-order valence-corrected chi connectivity index (χ4v) is 5.09. The van der Waals surface area contributed by atoms with Crippen LogP contribution in [0.15, 0.2) is 77.1 Å². The molecule has 0 radical (unpaired) electrons. The summed E-state index contributed by atoms with van der Waals surface area (Å²) in [5.41, 5.74) is 0.650. The van der Waals surface area contributed by atoms with E-state index in [9.17, 15) is 0 Å². The van der Waals surface area contributed by atoms with Crippen LogP contribution in [0.25, 0.3) is 0 Å². The first-order valence-electron chi connectivity index (χ1n) is 6.62. The van der Waals surface area contributed by atoms with E-state index in [0.29, 0.717) is 10.7 Å². The fraction of sp³-hybridized carbons (Fsp3) is 0.125. The second-order valence-electron chi connectivity index (χ2n) is 4.80. The lowest BCUT2D eigenvalue weighted by atomic mass is 9.95. The zero-order valence-electron chi connectivity index (χ0n) is 11.5. The van der Waals surface area contributed by atoms with Crippen molar-refractivity contribution in [2.24, 2.45) is 0 Å². The number of halogens is 2. The Labute approximate surface area is 141 Å². The summed E-state index contributed by atoms with van der Waals surface area (Å²) >= 11 is 13.3. The first-order chi connectivity index (χ1) is 10.6. The van der Waals surface area contributed by atoms with Gasteiger partial charge in [0.15, 0.2) is 0 Å². The molecule has 3 rings (SSSR count). The Kier molecular flexibility index (Phi) is 4.43. The van der Waals surface area contributed by atoms with Gasteiger partial charge >= 0.3 is 0 Å². The third kappa shape index (κ3) is 2.74. The minimum atomic E-state index is -0.949. The van der Waals surface area contributed by atoms with Gasteiger partial charge in [0, 0.05) is 16.1 Å². The number of nitrogens with one attached hydrogen (secondary N) is 1. The maximum absolute atomic E-state index is 8.68. The molecule has 2 aromatic rings. The largest absolute Gasteiger partial charge is 0.275 e. The van der Waals surface area contributed by atoms with Gasteiger partial charge < -0.3 is 0 Å². The van der Waals surface area contributed by atoms with Crippen molar-refractivity contribution >= 4 is 33.9 Å². The maximum Gasteiger partial charge on any atom is 0.123 e. The molecule has 22 heavy (non-hydrogen) atoms. The Balaban J connectivity index is 2.08. The number of benzene rings is 1. The predicted molar refractivity (Wildman–Crippen MR) is 91.2 cm³/mol. The van der Waals surface area contributed by atoms with Gasteiger partial charge in [-0.3, -0.25) is 4.78 Å². The third-order valence-electron chi connectivity index (χ3n) is 3.43. The molecule has 6 heteroatoms. The van der Waals surface area contributed by atoms with E-state index in [0.717, 1.165) is 4.90 Å². The van der Waals surface area contributed by atoms with Crippen LogP contribution in [-0.4, -0.2) is 15.2 Å². The molecule has 112 valence electrons. The normalized spacial score (nSPS) is 25.5. The highest BCUT2D eigenvalue weighted by Gasteiger charge is 2.43.